The molecule has 0 bridgehead atoms. The molecule has 0 aliphatic heterocycles. The first-order valence-corrected chi connectivity index (χ1v) is 8.69. The Bertz CT molecular complexity index is 1020. The van der Waals surface area contributed by atoms with Crippen molar-refractivity contribution >= 4 is 28.6 Å². The minimum absolute atomic E-state index is 0.163. The van der Waals surface area contributed by atoms with Crippen LogP contribution in [0.4, 0.5) is 0 Å². The molecule has 8 heteroatoms. The van der Waals surface area contributed by atoms with Crippen molar-refractivity contribution in [2.75, 3.05) is 20.8 Å². The lowest BCUT2D eigenvalue weighted by atomic mass is 10.2. The van der Waals surface area contributed by atoms with E-state index in [2.05, 4.69) is 4.98 Å². The average Bonchev–Trinajstić information content (AvgIpc) is 2.99. The highest BCUT2D eigenvalue weighted by atomic mass is 35.5. The molecule has 0 fully saturated rings. The van der Waals surface area contributed by atoms with Crippen molar-refractivity contribution in [3.8, 4) is 11.5 Å². The van der Waals surface area contributed by atoms with E-state index in [-0.39, 0.29) is 22.9 Å². The molecule has 7 nitrogen and oxygen atoms in total. The number of carbonyl (C=O) groups excluding carboxylic acids is 1. The predicted molar refractivity (Wildman–Crippen MR) is 102 cm³/mol. The van der Waals surface area contributed by atoms with Crippen LogP contribution in [0.5, 0.6) is 11.5 Å². The van der Waals surface area contributed by atoms with Gasteiger partial charge in [-0.2, -0.15) is 0 Å². The van der Waals surface area contributed by atoms with Gasteiger partial charge in [-0.25, -0.2) is 9.59 Å². The van der Waals surface area contributed by atoms with Crippen LogP contribution in [0.3, 0.4) is 0 Å². The van der Waals surface area contributed by atoms with Gasteiger partial charge in [0.05, 0.1) is 42.4 Å². The first kappa shape index (κ1) is 18.8. The van der Waals surface area contributed by atoms with Gasteiger partial charge in [0.2, 0.25) is 0 Å². The summed E-state index contributed by atoms with van der Waals surface area (Å²) in [6, 6.07) is 10.4. The van der Waals surface area contributed by atoms with Crippen molar-refractivity contribution < 1.29 is 19.0 Å². The molecule has 2 aromatic carbocycles. The maximum atomic E-state index is 12.3. The van der Waals surface area contributed by atoms with Gasteiger partial charge in [0.1, 0.15) is 0 Å². The molecule has 0 saturated carbocycles. The first-order chi connectivity index (χ1) is 13.0. The van der Waals surface area contributed by atoms with Crippen molar-refractivity contribution in [2.45, 2.75) is 13.0 Å². The Balaban J connectivity index is 1.62. The van der Waals surface area contributed by atoms with E-state index < -0.39 is 5.97 Å². The van der Waals surface area contributed by atoms with Gasteiger partial charge >= 0.3 is 11.7 Å². The van der Waals surface area contributed by atoms with E-state index in [4.69, 9.17) is 25.8 Å². The molecular formula is C19H19ClN2O5. The molecule has 1 heterocycles. The number of hydrogen-bond donors (Lipinski definition) is 1. The van der Waals surface area contributed by atoms with Gasteiger partial charge < -0.3 is 19.2 Å². The Morgan fingerprint density at radius 1 is 1.19 bits per heavy atom. The van der Waals surface area contributed by atoms with E-state index in [0.717, 1.165) is 11.0 Å². The molecule has 142 valence electrons. The number of imidazole rings is 1. The van der Waals surface area contributed by atoms with E-state index in [0.29, 0.717) is 24.5 Å². The third kappa shape index (κ3) is 3.93. The fraction of sp³-hybridized carbons (Fsp3) is 0.263. The number of para-hydroxylation sites is 2. The smallest absolute Gasteiger partial charge is 0.338 e. The molecule has 0 aliphatic rings. The molecular weight excluding hydrogens is 372 g/mol. The summed E-state index contributed by atoms with van der Waals surface area (Å²) in [6.45, 7) is 0.597. The number of rotatable bonds is 7. The topological polar surface area (TPSA) is 82.5 Å². The molecule has 0 unspecified atom stereocenters. The van der Waals surface area contributed by atoms with Gasteiger partial charge in [-0.3, -0.25) is 4.57 Å². The standard InChI is InChI=1S/C19H19ClN2O5/c1-25-16-11-12(10-13(20)17(16)26-2)18(23)27-9-5-8-22-15-7-4-3-6-14(15)21-19(22)24/h3-4,6-7,10-11H,5,8-9H2,1-2H3,(H,21,24). The third-order valence-electron chi connectivity index (χ3n) is 4.11. The molecule has 0 spiro atoms. The maximum Gasteiger partial charge on any atom is 0.338 e. The second-order valence-electron chi connectivity index (χ2n) is 5.78. The van der Waals surface area contributed by atoms with Crippen LogP contribution in [-0.4, -0.2) is 36.3 Å². The normalized spacial score (nSPS) is 10.8. The molecule has 1 aromatic heterocycles. The minimum Gasteiger partial charge on any atom is -0.493 e. The Morgan fingerprint density at radius 3 is 2.70 bits per heavy atom. The molecule has 0 amide bonds. The highest BCUT2D eigenvalue weighted by Gasteiger charge is 2.16. The predicted octanol–water partition coefficient (Wildman–Crippen LogP) is 3.25. The van der Waals surface area contributed by atoms with E-state index in [9.17, 15) is 9.59 Å². The highest BCUT2D eigenvalue weighted by Crippen LogP contribution is 2.36. The number of fused-ring (bicyclic) bond motifs is 1. The van der Waals surface area contributed by atoms with Crippen molar-refractivity contribution in [3.05, 3.63) is 57.5 Å². The lowest BCUT2D eigenvalue weighted by Gasteiger charge is -2.11. The number of hydrogen-bond acceptors (Lipinski definition) is 5. The van der Waals surface area contributed by atoms with Crippen LogP contribution >= 0.6 is 11.6 Å². The zero-order chi connectivity index (χ0) is 19.4. The van der Waals surface area contributed by atoms with Crippen LogP contribution in [0, 0.1) is 0 Å². The number of ether oxygens (including phenoxy) is 3. The van der Waals surface area contributed by atoms with Gasteiger partial charge in [-0.05, 0) is 30.7 Å². The van der Waals surface area contributed by atoms with Crippen LogP contribution in [0.25, 0.3) is 11.0 Å². The summed E-state index contributed by atoms with van der Waals surface area (Å²) in [5.74, 6) is 0.181. The number of aryl methyl sites for hydroxylation is 1. The van der Waals surface area contributed by atoms with Crippen LogP contribution in [0.15, 0.2) is 41.2 Å². The Hall–Kier alpha value is -2.93. The summed E-state index contributed by atoms with van der Waals surface area (Å²) in [7, 11) is 2.93. The molecule has 3 rings (SSSR count). The number of nitrogens with one attached hydrogen (secondary N) is 1. The summed E-state index contributed by atoms with van der Waals surface area (Å²) in [6.07, 6.45) is 0.495. The van der Waals surface area contributed by atoms with Crippen molar-refractivity contribution in [1.29, 1.82) is 0 Å². The Kier molecular flexibility index (Phi) is 5.71. The largest absolute Gasteiger partial charge is 0.493 e. The molecule has 1 N–H and O–H groups in total. The Labute approximate surface area is 160 Å². The third-order valence-corrected chi connectivity index (χ3v) is 4.39. The first-order valence-electron chi connectivity index (χ1n) is 8.31. The number of esters is 1. The minimum atomic E-state index is -0.524. The lowest BCUT2D eigenvalue weighted by molar-refractivity contribution is 0.0495. The fourth-order valence-electron chi connectivity index (χ4n) is 2.84. The summed E-state index contributed by atoms with van der Waals surface area (Å²) in [5, 5.41) is 0.258. The van der Waals surface area contributed by atoms with E-state index in [1.54, 1.807) is 4.57 Å². The van der Waals surface area contributed by atoms with Gasteiger partial charge in [0.15, 0.2) is 11.5 Å². The van der Waals surface area contributed by atoms with E-state index in [1.165, 1.54) is 26.4 Å². The zero-order valence-electron chi connectivity index (χ0n) is 15.0. The number of benzene rings is 2. The fourth-order valence-corrected chi connectivity index (χ4v) is 3.12. The SMILES string of the molecule is COc1cc(C(=O)OCCCn2c(=O)[nH]c3ccccc32)cc(Cl)c1OC. The second-order valence-corrected chi connectivity index (χ2v) is 6.19. The summed E-state index contributed by atoms with van der Waals surface area (Å²) >= 11 is 6.10. The maximum absolute atomic E-state index is 12.3. The average molecular weight is 391 g/mol. The molecule has 0 saturated heterocycles. The molecule has 27 heavy (non-hydrogen) atoms. The van der Waals surface area contributed by atoms with Gasteiger partial charge in [-0.1, -0.05) is 23.7 Å². The van der Waals surface area contributed by atoms with Gasteiger partial charge in [0, 0.05) is 6.54 Å². The monoisotopic (exact) mass is 390 g/mol. The number of methoxy groups -OCH3 is 2. The van der Waals surface area contributed by atoms with Crippen molar-refractivity contribution in [1.82, 2.24) is 9.55 Å². The number of aromatic amines is 1. The highest BCUT2D eigenvalue weighted by molar-refractivity contribution is 6.32. The molecule has 0 atom stereocenters. The quantitative estimate of drug-likeness (QED) is 0.494. The van der Waals surface area contributed by atoms with Crippen LogP contribution in [0.2, 0.25) is 5.02 Å². The second kappa shape index (κ2) is 8.18. The number of H-pyrrole nitrogens is 1. The number of halogens is 1. The lowest BCUT2D eigenvalue weighted by Crippen LogP contribution is -2.18. The molecule has 3 aromatic rings. The zero-order valence-corrected chi connectivity index (χ0v) is 15.7. The van der Waals surface area contributed by atoms with Crippen LogP contribution in [0.1, 0.15) is 16.8 Å². The molecule has 0 aliphatic carbocycles. The summed E-state index contributed by atoms with van der Waals surface area (Å²) in [5.41, 5.74) is 1.68. The van der Waals surface area contributed by atoms with E-state index in [1.807, 2.05) is 24.3 Å². The van der Waals surface area contributed by atoms with Crippen LogP contribution < -0.4 is 15.2 Å². The summed E-state index contributed by atoms with van der Waals surface area (Å²) in [4.78, 5) is 27.1. The Morgan fingerprint density at radius 2 is 1.96 bits per heavy atom. The van der Waals surface area contributed by atoms with E-state index >= 15 is 0 Å². The number of aromatic nitrogens is 2. The van der Waals surface area contributed by atoms with Gasteiger partial charge in [-0.15, -0.1) is 0 Å². The van der Waals surface area contributed by atoms with Crippen molar-refractivity contribution in [3.63, 3.8) is 0 Å². The number of carbonyl (C=O) groups is 1. The van der Waals surface area contributed by atoms with Crippen LogP contribution in [-0.2, 0) is 11.3 Å². The summed E-state index contributed by atoms with van der Waals surface area (Å²) < 4.78 is 17.2. The van der Waals surface area contributed by atoms with Gasteiger partial charge in [0.25, 0.3) is 0 Å². The molecule has 0 radical (unpaired) electrons. The van der Waals surface area contributed by atoms with Crippen molar-refractivity contribution in [2.24, 2.45) is 0 Å². The number of nitrogens with zero attached hydrogens (tertiary/aromatic N) is 1.